The number of hydrogen-bond acceptors (Lipinski definition) is 4. The molecule has 0 amide bonds. The Morgan fingerprint density at radius 1 is 1.21 bits per heavy atom. The molecule has 4 unspecified atom stereocenters. The Bertz CT molecular complexity index is 167. The molecule has 0 spiro atoms. The van der Waals surface area contributed by atoms with Gasteiger partial charge in [-0.05, 0) is 20.8 Å². The van der Waals surface area contributed by atoms with Crippen LogP contribution in [0.5, 0.6) is 0 Å². The molecule has 0 aromatic rings. The minimum Gasteiger partial charge on any atom is -0.395 e. The second-order valence-electron chi connectivity index (χ2n) is 4.14. The highest BCUT2D eigenvalue weighted by Gasteiger charge is 2.37. The van der Waals surface area contributed by atoms with Crippen molar-refractivity contribution < 1.29 is 14.9 Å². The molecule has 4 nitrogen and oxygen atoms in total. The van der Waals surface area contributed by atoms with Gasteiger partial charge in [-0.1, -0.05) is 0 Å². The third-order valence-corrected chi connectivity index (χ3v) is 2.89. The van der Waals surface area contributed by atoms with Crippen molar-refractivity contribution in [1.82, 2.24) is 4.90 Å². The molecular weight excluding hydrogens is 182 g/mol. The molecule has 0 aromatic carbocycles. The summed E-state index contributed by atoms with van der Waals surface area (Å²) in [6.07, 6.45) is 0.604. The molecule has 4 atom stereocenters. The summed E-state index contributed by atoms with van der Waals surface area (Å²) < 4.78 is 5.33. The highest BCUT2D eigenvalue weighted by Crippen LogP contribution is 2.23. The second-order valence-corrected chi connectivity index (χ2v) is 4.14. The molecule has 0 aliphatic carbocycles. The van der Waals surface area contributed by atoms with Gasteiger partial charge in [-0.25, -0.2) is 0 Å². The van der Waals surface area contributed by atoms with Gasteiger partial charge in [0.05, 0.1) is 25.4 Å². The zero-order chi connectivity index (χ0) is 10.7. The van der Waals surface area contributed by atoms with Crippen LogP contribution in [-0.4, -0.2) is 59.2 Å². The molecule has 84 valence electrons. The maximum atomic E-state index is 9.08. The Kier molecular flexibility index (Phi) is 4.31. The average molecular weight is 203 g/mol. The van der Waals surface area contributed by atoms with Gasteiger partial charge in [0.25, 0.3) is 0 Å². The fraction of sp³-hybridized carbons (Fsp3) is 1.00. The monoisotopic (exact) mass is 203 g/mol. The Morgan fingerprint density at radius 2 is 1.64 bits per heavy atom. The first-order chi connectivity index (χ1) is 6.60. The van der Waals surface area contributed by atoms with Crippen molar-refractivity contribution in [3.05, 3.63) is 0 Å². The van der Waals surface area contributed by atoms with Gasteiger partial charge >= 0.3 is 0 Å². The standard InChI is InChI=1S/C10H21NO3/c1-7(5-12)11(8(2)6-13)4-10-9(3)14-10/h7-10,12-13H,4-6H2,1-3H3. The van der Waals surface area contributed by atoms with Crippen LogP contribution < -0.4 is 0 Å². The van der Waals surface area contributed by atoms with E-state index < -0.39 is 0 Å². The minimum atomic E-state index is 0.0774. The zero-order valence-electron chi connectivity index (χ0n) is 9.18. The molecule has 1 heterocycles. The number of aliphatic hydroxyl groups excluding tert-OH is 2. The van der Waals surface area contributed by atoms with Gasteiger partial charge < -0.3 is 14.9 Å². The summed E-state index contributed by atoms with van der Waals surface area (Å²) in [6.45, 7) is 6.98. The number of hydrogen-bond donors (Lipinski definition) is 2. The summed E-state index contributed by atoms with van der Waals surface area (Å²) in [5.74, 6) is 0. The van der Waals surface area contributed by atoms with Crippen molar-refractivity contribution in [3.8, 4) is 0 Å². The van der Waals surface area contributed by atoms with E-state index in [0.29, 0.717) is 6.10 Å². The molecule has 1 aliphatic rings. The van der Waals surface area contributed by atoms with Gasteiger partial charge in [0, 0.05) is 18.6 Å². The van der Waals surface area contributed by atoms with Crippen molar-refractivity contribution in [2.45, 2.75) is 45.1 Å². The number of ether oxygens (including phenoxy) is 1. The number of aliphatic hydroxyl groups is 2. The van der Waals surface area contributed by atoms with E-state index in [1.165, 1.54) is 0 Å². The van der Waals surface area contributed by atoms with E-state index >= 15 is 0 Å². The molecule has 1 aliphatic heterocycles. The first-order valence-electron chi connectivity index (χ1n) is 5.23. The van der Waals surface area contributed by atoms with Crippen LogP contribution in [0.25, 0.3) is 0 Å². The topological polar surface area (TPSA) is 56.2 Å². The van der Waals surface area contributed by atoms with Crippen molar-refractivity contribution in [3.63, 3.8) is 0 Å². The fourth-order valence-electron chi connectivity index (χ4n) is 1.63. The van der Waals surface area contributed by atoms with Crippen LogP contribution in [0.15, 0.2) is 0 Å². The van der Waals surface area contributed by atoms with Gasteiger partial charge in [0.1, 0.15) is 0 Å². The lowest BCUT2D eigenvalue weighted by molar-refractivity contribution is 0.0622. The smallest absolute Gasteiger partial charge is 0.0965 e. The Labute approximate surface area is 85.5 Å². The average Bonchev–Trinajstić information content (AvgIpc) is 2.88. The summed E-state index contributed by atoms with van der Waals surface area (Å²) in [5, 5.41) is 18.2. The van der Waals surface area contributed by atoms with Crippen molar-refractivity contribution in [2.24, 2.45) is 0 Å². The van der Waals surface area contributed by atoms with Gasteiger partial charge in [-0.15, -0.1) is 0 Å². The molecule has 0 saturated carbocycles. The molecule has 1 rings (SSSR count). The first-order valence-corrected chi connectivity index (χ1v) is 5.23. The second kappa shape index (κ2) is 5.07. The lowest BCUT2D eigenvalue weighted by Gasteiger charge is -2.32. The lowest BCUT2D eigenvalue weighted by Crippen LogP contribution is -2.46. The summed E-state index contributed by atoms with van der Waals surface area (Å²) in [4.78, 5) is 2.09. The van der Waals surface area contributed by atoms with Crippen LogP contribution in [0.1, 0.15) is 20.8 Å². The Hall–Kier alpha value is -0.160. The molecule has 1 fully saturated rings. The van der Waals surface area contributed by atoms with Gasteiger partial charge in [0.15, 0.2) is 0 Å². The van der Waals surface area contributed by atoms with Crippen molar-refractivity contribution in [1.29, 1.82) is 0 Å². The minimum absolute atomic E-state index is 0.0774. The Balaban J connectivity index is 2.43. The summed E-state index contributed by atoms with van der Waals surface area (Å²) in [6, 6.07) is 0.155. The van der Waals surface area contributed by atoms with E-state index in [9.17, 15) is 0 Å². The Morgan fingerprint density at radius 3 is 1.93 bits per heavy atom. The first kappa shape index (κ1) is 11.9. The van der Waals surface area contributed by atoms with Crippen molar-refractivity contribution >= 4 is 0 Å². The van der Waals surface area contributed by atoms with Crippen molar-refractivity contribution in [2.75, 3.05) is 19.8 Å². The SMILES string of the molecule is CC1OC1CN(C(C)CO)C(C)CO. The third-order valence-electron chi connectivity index (χ3n) is 2.89. The van der Waals surface area contributed by atoms with Crippen LogP contribution in [0.4, 0.5) is 0 Å². The quantitative estimate of drug-likeness (QED) is 0.589. The van der Waals surface area contributed by atoms with E-state index in [1.807, 2.05) is 20.8 Å². The molecule has 0 aromatic heterocycles. The third kappa shape index (κ3) is 2.92. The van der Waals surface area contributed by atoms with E-state index in [2.05, 4.69) is 4.90 Å². The highest BCUT2D eigenvalue weighted by atomic mass is 16.6. The highest BCUT2D eigenvalue weighted by molar-refractivity contribution is 4.86. The van der Waals surface area contributed by atoms with E-state index in [4.69, 9.17) is 14.9 Å². The maximum absolute atomic E-state index is 9.08. The molecule has 1 saturated heterocycles. The molecular formula is C10H21NO3. The number of epoxide rings is 1. The summed E-state index contributed by atoms with van der Waals surface area (Å²) >= 11 is 0. The number of rotatable bonds is 6. The predicted molar refractivity (Wildman–Crippen MR) is 54.1 cm³/mol. The van der Waals surface area contributed by atoms with Crippen LogP contribution in [-0.2, 0) is 4.74 Å². The van der Waals surface area contributed by atoms with Crippen LogP contribution >= 0.6 is 0 Å². The normalized spacial score (nSPS) is 30.4. The van der Waals surface area contributed by atoms with E-state index in [-0.39, 0.29) is 31.4 Å². The molecule has 0 radical (unpaired) electrons. The van der Waals surface area contributed by atoms with E-state index in [1.54, 1.807) is 0 Å². The lowest BCUT2D eigenvalue weighted by atomic mass is 10.2. The maximum Gasteiger partial charge on any atom is 0.0965 e. The summed E-state index contributed by atoms with van der Waals surface area (Å²) in [7, 11) is 0. The van der Waals surface area contributed by atoms with E-state index in [0.717, 1.165) is 6.54 Å². The fourth-order valence-corrected chi connectivity index (χ4v) is 1.63. The number of nitrogens with zero attached hydrogens (tertiary/aromatic N) is 1. The van der Waals surface area contributed by atoms with Gasteiger partial charge in [0.2, 0.25) is 0 Å². The molecule has 14 heavy (non-hydrogen) atoms. The summed E-state index contributed by atoms with van der Waals surface area (Å²) in [5.41, 5.74) is 0. The van der Waals surface area contributed by atoms with Crippen LogP contribution in [0.3, 0.4) is 0 Å². The molecule has 2 N–H and O–H groups in total. The predicted octanol–water partition coefficient (Wildman–Crippen LogP) is -0.163. The van der Waals surface area contributed by atoms with Gasteiger partial charge in [-0.2, -0.15) is 0 Å². The zero-order valence-corrected chi connectivity index (χ0v) is 9.18. The van der Waals surface area contributed by atoms with Crippen LogP contribution in [0.2, 0.25) is 0 Å². The van der Waals surface area contributed by atoms with Gasteiger partial charge in [-0.3, -0.25) is 4.90 Å². The molecule has 4 heteroatoms. The largest absolute Gasteiger partial charge is 0.395 e. The molecule has 0 bridgehead atoms. The van der Waals surface area contributed by atoms with Crippen LogP contribution in [0, 0.1) is 0 Å².